The van der Waals surface area contributed by atoms with Crippen LogP contribution < -0.4 is 5.56 Å². The zero-order valence-corrected chi connectivity index (χ0v) is 15.4. The molecule has 2 aromatic heterocycles. The summed E-state index contributed by atoms with van der Waals surface area (Å²) in [4.78, 5) is 40.7. The Balaban J connectivity index is 1.55. The number of aromatic nitrogens is 4. The van der Waals surface area contributed by atoms with E-state index in [2.05, 4.69) is 19.9 Å². The molecule has 4 rings (SSSR count). The van der Waals surface area contributed by atoms with Gasteiger partial charge in [-0.1, -0.05) is 0 Å². The van der Waals surface area contributed by atoms with Crippen molar-refractivity contribution < 1.29 is 9.18 Å². The Hall–Kier alpha value is -3.29. The lowest BCUT2D eigenvalue weighted by atomic mass is 9.94. The van der Waals surface area contributed by atoms with Crippen molar-refractivity contribution in [1.82, 2.24) is 24.8 Å². The highest BCUT2D eigenvalue weighted by atomic mass is 19.1. The topological polar surface area (TPSA) is 94.7 Å². The minimum Gasteiger partial charge on any atom is -0.341 e. The van der Waals surface area contributed by atoms with E-state index in [1.807, 2.05) is 0 Å². The first-order valence-electron chi connectivity index (χ1n) is 9.17. The molecule has 2 N–H and O–H groups in total. The fourth-order valence-corrected chi connectivity index (χ4v) is 3.57. The number of benzene rings is 1. The highest BCUT2D eigenvalue weighted by Gasteiger charge is 2.28. The number of likely N-dealkylation sites (tertiary alicyclic amines) is 1. The number of carbonyl (C=O) groups excluding carboxylic acids is 1. The van der Waals surface area contributed by atoms with Crippen molar-refractivity contribution in [3.05, 3.63) is 69.9 Å². The lowest BCUT2D eigenvalue weighted by molar-refractivity contribution is 0.0699. The van der Waals surface area contributed by atoms with Gasteiger partial charge in [0.25, 0.3) is 11.5 Å². The number of halogens is 1. The van der Waals surface area contributed by atoms with Gasteiger partial charge in [0, 0.05) is 36.3 Å². The van der Waals surface area contributed by atoms with E-state index < -0.39 is 0 Å². The molecule has 28 heavy (non-hydrogen) atoms. The third-order valence-corrected chi connectivity index (χ3v) is 5.03. The molecule has 3 heterocycles. The summed E-state index contributed by atoms with van der Waals surface area (Å²) >= 11 is 0. The molecule has 1 aromatic carbocycles. The average molecular weight is 381 g/mol. The van der Waals surface area contributed by atoms with Crippen LogP contribution in [0.4, 0.5) is 4.39 Å². The SMILES string of the molecule is Cc1[nH]c(-c2ccc(F)cc2)nc1C(=O)N1CCCC(c2cc(=O)[nH]cn2)C1. The summed E-state index contributed by atoms with van der Waals surface area (Å²) in [7, 11) is 0. The van der Waals surface area contributed by atoms with E-state index in [9.17, 15) is 14.0 Å². The van der Waals surface area contributed by atoms with Gasteiger partial charge in [-0.3, -0.25) is 9.59 Å². The molecule has 1 saturated heterocycles. The first-order chi connectivity index (χ1) is 13.5. The van der Waals surface area contributed by atoms with Gasteiger partial charge in [0.05, 0.1) is 12.0 Å². The minimum absolute atomic E-state index is 0.0239. The fourth-order valence-electron chi connectivity index (χ4n) is 3.57. The predicted molar refractivity (Wildman–Crippen MR) is 101 cm³/mol. The molecular weight excluding hydrogens is 361 g/mol. The van der Waals surface area contributed by atoms with Crippen molar-refractivity contribution >= 4 is 5.91 Å². The molecule has 0 aliphatic carbocycles. The Bertz CT molecular complexity index is 1060. The summed E-state index contributed by atoms with van der Waals surface area (Å²) < 4.78 is 13.1. The molecule has 0 bridgehead atoms. The summed E-state index contributed by atoms with van der Waals surface area (Å²) in [6.45, 7) is 2.93. The smallest absolute Gasteiger partial charge is 0.274 e. The van der Waals surface area contributed by atoms with E-state index in [0.29, 0.717) is 41.6 Å². The van der Waals surface area contributed by atoms with E-state index in [1.54, 1.807) is 24.0 Å². The van der Waals surface area contributed by atoms with Gasteiger partial charge in [0.1, 0.15) is 17.3 Å². The Morgan fingerprint density at radius 1 is 1.29 bits per heavy atom. The molecule has 144 valence electrons. The number of amides is 1. The van der Waals surface area contributed by atoms with Crippen LogP contribution in [-0.2, 0) is 0 Å². The quantitative estimate of drug-likeness (QED) is 0.729. The maximum atomic E-state index is 13.1. The van der Waals surface area contributed by atoms with Gasteiger partial charge in [-0.2, -0.15) is 0 Å². The number of nitrogens with zero attached hydrogens (tertiary/aromatic N) is 3. The molecule has 7 nitrogen and oxygen atoms in total. The van der Waals surface area contributed by atoms with Crippen molar-refractivity contribution in [2.24, 2.45) is 0 Å². The van der Waals surface area contributed by atoms with Crippen LogP contribution in [0.5, 0.6) is 0 Å². The van der Waals surface area contributed by atoms with Gasteiger partial charge in [-0.25, -0.2) is 14.4 Å². The number of piperidine rings is 1. The third kappa shape index (κ3) is 3.58. The predicted octanol–water partition coefficient (Wildman–Crippen LogP) is 2.63. The zero-order valence-electron chi connectivity index (χ0n) is 15.4. The molecule has 0 radical (unpaired) electrons. The lowest BCUT2D eigenvalue weighted by Crippen LogP contribution is -2.40. The molecule has 8 heteroatoms. The van der Waals surface area contributed by atoms with Crippen LogP contribution in [-0.4, -0.2) is 43.8 Å². The van der Waals surface area contributed by atoms with E-state index in [1.165, 1.54) is 24.5 Å². The van der Waals surface area contributed by atoms with Gasteiger partial charge in [-0.05, 0) is 44.0 Å². The number of carbonyl (C=O) groups is 1. The highest BCUT2D eigenvalue weighted by molar-refractivity contribution is 5.94. The number of H-pyrrole nitrogens is 2. The largest absolute Gasteiger partial charge is 0.341 e. The molecule has 1 unspecified atom stereocenters. The monoisotopic (exact) mass is 381 g/mol. The second-order valence-electron chi connectivity index (χ2n) is 6.99. The van der Waals surface area contributed by atoms with E-state index in [0.717, 1.165) is 12.8 Å². The standard InChI is InChI=1S/C20H20FN5O2/c1-12-18(25-19(24-12)13-4-6-15(21)7-5-13)20(28)26-8-2-3-14(10-26)16-9-17(27)23-11-22-16/h4-7,9,11,14H,2-3,8,10H2,1H3,(H,24,25)(H,22,23,27). The van der Waals surface area contributed by atoms with Crippen molar-refractivity contribution in [3.63, 3.8) is 0 Å². The van der Waals surface area contributed by atoms with Gasteiger partial charge in [0.2, 0.25) is 0 Å². The van der Waals surface area contributed by atoms with Crippen LogP contribution in [0.15, 0.2) is 41.5 Å². The number of hydrogen-bond donors (Lipinski definition) is 2. The van der Waals surface area contributed by atoms with Crippen LogP contribution >= 0.6 is 0 Å². The summed E-state index contributed by atoms with van der Waals surface area (Å²) in [5.41, 5.74) is 2.25. The number of nitrogens with one attached hydrogen (secondary N) is 2. The first-order valence-corrected chi connectivity index (χ1v) is 9.17. The Morgan fingerprint density at radius 2 is 2.07 bits per heavy atom. The van der Waals surface area contributed by atoms with Gasteiger partial charge >= 0.3 is 0 Å². The van der Waals surface area contributed by atoms with Crippen molar-refractivity contribution in [3.8, 4) is 11.4 Å². The highest BCUT2D eigenvalue weighted by Crippen LogP contribution is 2.26. The lowest BCUT2D eigenvalue weighted by Gasteiger charge is -2.32. The van der Waals surface area contributed by atoms with Crippen LogP contribution in [0.25, 0.3) is 11.4 Å². The molecule has 1 atom stereocenters. The molecule has 0 saturated carbocycles. The molecule has 1 amide bonds. The summed E-state index contributed by atoms with van der Waals surface area (Å²) in [5.74, 6) is 0.0779. The fraction of sp³-hybridized carbons (Fsp3) is 0.300. The Morgan fingerprint density at radius 3 is 2.82 bits per heavy atom. The average Bonchev–Trinajstić information content (AvgIpc) is 3.09. The normalized spacial score (nSPS) is 16.9. The number of rotatable bonds is 3. The van der Waals surface area contributed by atoms with E-state index >= 15 is 0 Å². The van der Waals surface area contributed by atoms with Gasteiger partial charge < -0.3 is 14.9 Å². The Kier molecular flexibility index (Phi) is 4.77. The molecule has 0 spiro atoms. The molecular formula is C20H20FN5O2. The van der Waals surface area contributed by atoms with Crippen LogP contribution in [0.1, 0.15) is 40.6 Å². The van der Waals surface area contributed by atoms with Crippen molar-refractivity contribution in [2.75, 3.05) is 13.1 Å². The first kappa shape index (κ1) is 18.1. The zero-order chi connectivity index (χ0) is 19.7. The number of imidazole rings is 1. The summed E-state index contributed by atoms with van der Waals surface area (Å²) in [5, 5.41) is 0. The summed E-state index contributed by atoms with van der Waals surface area (Å²) in [6.07, 6.45) is 3.10. The van der Waals surface area contributed by atoms with Gasteiger partial charge in [-0.15, -0.1) is 0 Å². The van der Waals surface area contributed by atoms with Crippen LogP contribution in [0.2, 0.25) is 0 Å². The van der Waals surface area contributed by atoms with E-state index in [4.69, 9.17) is 0 Å². The van der Waals surface area contributed by atoms with Crippen molar-refractivity contribution in [1.29, 1.82) is 0 Å². The van der Waals surface area contributed by atoms with Crippen molar-refractivity contribution in [2.45, 2.75) is 25.7 Å². The van der Waals surface area contributed by atoms with E-state index in [-0.39, 0.29) is 23.2 Å². The number of hydrogen-bond acceptors (Lipinski definition) is 4. The van der Waals surface area contributed by atoms with Crippen LogP contribution in [0.3, 0.4) is 0 Å². The molecule has 1 fully saturated rings. The minimum atomic E-state index is -0.323. The molecule has 3 aromatic rings. The Labute approximate surface area is 160 Å². The third-order valence-electron chi connectivity index (χ3n) is 5.03. The maximum absolute atomic E-state index is 13.1. The summed E-state index contributed by atoms with van der Waals surface area (Å²) in [6, 6.07) is 7.46. The molecule has 1 aliphatic heterocycles. The second kappa shape index (κ2) is 7.38. The maximum Gasteiger partial charge on any atom is 0.274 e. The second-order valence-corrected chi connectivity index (χ2v) is 6.99. The number of aromatic amines is 2. The number of aryl methyl sites for hydroxylation is 1. The van der Waals surface area contributed by atoms with Gasteiger partial charge in [0.15, 0.2) is 0 Å². The molecule has 1 aliphatic rings. The van der Waals surface area contributed by atoms with Crippen LogP contribution in [0, 0.1) is 12.7 Å².